The van der Waals surface area contributed by atoms with E-state index in [0.717, 1.165) is 35.3 Å². The largest absolute Gasteiger partial charge is 0.439 e. The molecule has 0 radical (unpaired) electrons. The maximum absolute atomic E-state index is 13.0. The number of alkyl halides is 3. The van der Waals surface area contributed by atoms with Crippen molar-refractivity contribution in [1.82, 2.24) is 14.5 Å². The molecule has 1 fully saturated rings. The summed E-state index contributed by atoms with van der Waals surface area (Å²) in [4.78, 5) is 13.4. The molecule has 0 amide bonds. The lowest BCUT2D eigenvalue weighted by atomic mass is 9.87. The van der Waals surface area contributed by atoms with Crippen LogP contribution in [-0.2, 0) is 12.6 Å². The predicted octanol–water partition coefficient (Wildman–Crippen LogP) is 7.96. The summed E-state index contributed by atoms with van der Waals surface area (Å²) < 4.78 is 47.0. The van der Waals surface area contributed by atoms with E-state index in [4.69, 9.17) is 4.74 Å². The summed E-state index contributed by atoms with van der Waals surface area (Å²) in [5.74, 6) is 3.17. The first-order chi connectivity index (χ1) is 17.3. The zero-order chi connectivity index (χ0) is 25.1. The van der Waals surface area contributed by atoms with Gasteiger partial charge in [-0.25, -0.2) is 9.98 Å². The van der Waals surface area contributed by atoms with E-state index < -0.39 is 11.7 Å². The second kappa shape index (κ2) is 10.1. The van der Waals surface area contributed by atoms with Crippen molar-refractivity contribution in [3.05, 3.63) is 78.4 Å². The Kier molecular flexibility index (Phi) is 6.76. The molecular formula is C28H27F3N4O. The van der Waals surface area contributed by atoms with Crippen LogP contribution in [0.4, 0.5) is 18.9 Å². The summed E-state index contributed by atoms with van der Waals surface area (Å²) in [6, 6.07) is 14.3. The lowest BCUT2D eigenvalue weighted by Crippen LogP contribution is -2.11. The van der Waals surface area contributed by atoms with Gasteiger partial charge in [0.05, 0.1) is 16.8 Å². The number of nitrogens with zero attached hydrogens (tertiary/aromatic N) is 4. The highest BCUT2D eigenvalue weighted by molar-refractivity contribution is 5.95. The van der Waals surface area contributed by atoms with Crippen molar-refractivity contribution in [1.29, 1.82) is 0 Å². The summed E-state index contributed by atoms with van der Waals surface area (Å²) >= 11 is 0. The van der Waals surface area contributed by atoms with Crippen molar-refractivity contribution >= 4 is 22.4 Å². The number of hydrogen-bond acceptors (Lipinski definition) is 4. The van der Waals surface area contributed by atoms with Gasteiger partial charge in [0.15, 0.2) is 0 Å². The number of aliphatic imine (C=N–C) groups is 1. The first-order valence-corrected chi connectivity index (χ1v) is 12.2. The zero-order valence-corrected chi connectivity index (χ0v) is 20.0. The first-order valence-electron chi connectivity index (χ1n) is 12.2. The molecule has 0 N–H and O–H groups in total. The van der Waals surface area contributed by atoms with E-state index in [0.29, 0.717) is 23.4 Å². The average Bonchev–Trinajstić information content (AvgIpc) is 3.28. The molecule has 1 saturated carbocycles. The van der Waals surface area contributed by atoms with Crippen molar-refractivity contribution in [3.63, 3.8) is 0 Å². The zero-order valence-electron chi connectivity index (χ0n) is 20.0. The van der Waals surface area contributed by atoms with E-state index in [-0.39, 0.29) is 5.69 Å². The molecule has 8 heteroatoms. The van der Waals surface area contributed by atoms with Crippen molar-refractivity contribution in [3.8, 4) is 11.6 Å². The molecule has 0 spiro atoms. The lowest BCUT2D eigenvalue weighted by molar-refractivity contribution is -0.137. The average molecular weight is 493 g/mol. The second-order valence-electron chi connectivity index (χ2n) is 9.23. The van der Waals surface area contributed by atoms with Gasteiger partial charge >= 0.3 is 6.18 Å². The third kappa shape index (κ3) is 5.58. The minimum atomic E-state index is -4.41. The van der Waals surface area contributed by atoms with Crippen LogP contribution in [0.1, 0.15) is 50.4 Å². The number of hydrogen-bond donors (Lipinski definition) is 0. The van der Waals surface area contributed by atoms with Crippen molar-refractivity contribution in [2.45, 2.75) is 51.6 Å². The van der Waals surface area contributed by atoms with Gasteiger partial charge in [-0.05, 0) is 55.3 Å². The summed E-state index contributed by atoms with van der Waals surface area (Å²) in [5, 5.41) is 0.919. The van der Waals surface area contributed by atoms with Crippen molar-refractivity contribution < 1.29 is 17.9 Å². The van der Waals surface area contributed by atoms with Crippen LogP contribution in [0, 0.1) is 5.92 Å². The van der Waals surface area contributed by atoms with E-state index in [2.05, 4.69) is 15.0 Å². The fourth-order valence-corrected chi connectivity index (χ4v) is 4.76. The van der Waals surface area contributed by atoms with Crippen LogP contribution in [0.2, 0.25) is 0 Å². The lowest BCUT2D eigenvalue weighted by Gasteiger charge is -2.20. The number of fused-ring (bicyclic) bond motifs is 1. The van der Waals surface area contributed by atoms with Gasteiger partial charge in [-0.2, -0.15) is 18.2 Å². The molecule has 0 aliphatic heterocycles. The molecule has 2 aromatic carbocycles. The van der Waals surface area contributed by atoms with Crippen LogP contribution in [-0.4, -0.2) is 20.4 Å². The van der Waals surface area contributed by atoms with E-state index in [9.17, 15) is 13.2 Å². The summed E-state index contributed by atoms with van der Waals surface area (Å²) in [7, 11) is 0. The standard InChI is InChI=1S/C28H27F3N4O/c1-19(33-23-9-5-8-22(18-23)28(29,30)31)35-15-13-21-17-24(10-11-25(21)35)36-27-12-14-32-26(34-27)16-20-6-3-2-4-7-20/h5,8-15,17-18,20H,2-4,6-7,16H2,1H3. The normalized spacial score (nSPS) is 15.4. The van der Waals surface area contributed by atoms with Crippen LogP contribution in [0.25, 0.3) is 10.9 Å². The van der Waals surface area contributed by atoms with E-state index in [1.807, 2.05) is 35.0 Å². The van der Waals surface area contributed by atoms with Gasteiger partial charge in [0.25, 0.3) is 0 Å². The summed E-state index contributed by atoms with van der Waals surface area (Å²) in [6.45, 7) is 1.76. The van der Waals surface area contributed by atoms with Crippen LogP contribution >= 0.6 is 0 Å². The van der Waals surface area contributed by atoms with Crippen LogP contribution in [0.3, 0.4) is 0 Å². The maximum Gasteiger partial charge on any atom is 0.416 e. The van der Waals surface area contributed by atoms with Crippen molar-refractivity contribution in [2.75, 3.05) is 0 Å². The SMILES string of the molecule is CC(=Nc1cccc(C(F)(F)F)c1)n1ccc2cc(Oc3ccnc(CC4CCCCC4)n3)ccc21. The second-order valence-corrected chi connectivity index (χ2v) is 9.23. The predicted molar refractivity (Wildman–Crippen MR) is 134 cm³/mol. The number of aromatic nitrogens is 3. The smallest absolute Gasteiger partial charge is 0.416 e. The molecule has 2 aromatic heterocycles. The molecule has 0 atom stereocenters. The minimum Gasteiger partial charge on any atom is -0.439 e. The van der Waals surface area contributed by atoms with Gasteiger partial charge < -0.3 is 9.30 Å². The number of ether oxygens (including phenoxy) is 1. The van der Waals surface area contributed by atoms with Crippen LogP contribution < -0.4 is 4.74 Å². The highest BCUT2D eigenvalue weighted by Crippen LogP contribution is 2.32. The van der Waals surface area contributed by atoms with Gasteiger partial charge in [-0.1, -0.05) is 38.2 Å². The summed E-state index contributed by atoms with van der Waals surface area (Å²) in [5.41, 5.74) is 0.399. The molecule has 1 aliphatic rings. The molecule has 0 saturated heterocycles. The first kappa shape index (κ1) is 24.0. The molecule has 0 bridgehead atoms. The fraction of sp³-hybridized carbons (Fsp3) is 0.321. The Balaban J connectivity index is 1.33. The maximum atomic E-state index is 13.0. The quantitative estimate of drug-likeness (QED) is 0.210. The molecule has 1 aliphatic carbocycles. The van der Waals surface area contributed by atoms with E-state index in [1.54, 1.807) is 25.3 Å². The Morgan fingerprint density at radius 3 is 2.69 bits per heavy atom. The third-order valence-electron chi connectivity index (χ3n) is 6.57. The molecule has 5 rings (SSSR count). The van der Waals surface area contributed by atoms with Gasteiger partial charge in [0.2, 0.25) is 5.88 Å². The van der Waals surface area contributed by atoms with Gasteiger partial charge in [-0.3, -0.25) is 0 Å². The van der Waals surface area contributed by atoms with Crippen molar-refractivity contribution in [2.24, 2.45) is 10.9 Å². The Bertz CT molecular complexity index is 1390. The molecule has 4 aromatic rings. The Labute approximate surface area is 207 Å². The third-order valence-corrected chi connectivity index (χ3v) is 6.57. The Hall–Kier alpha value is -3.68. The van der Waals surface area contributed by atoms with Crippen LogP contribution in [0.5, 0.6) is 11.6 Å². The molecule has 5 nitrogen and oxygen atoms in total. The van der Waals surface area contributed by atoms with Gasteiger partial charge in [-0.15, -0.1) is 0 Å². The molecule has 0 unspecified atom stereocenters. The van der Waals surface area contributed by atoms with Gasteiger partial charge in [0.1, 0.15) is 17.4 Å². The Morgan fingerprint density at radius 2 is 1.89 bits per heavy atom. The van der Waals surface area contributed by atoms with E-state index >= 15 is 0 Å². The molecule has 2 heterocycles. The van der Waals surface area contributed by atoms with Crippen LogP contribution in [0.15, 0.2) is 72.0 Å². The molecular weight excluding hydrogens is 465 g/mol. The number of benzene rings is 2. The van der Waals surface area contributed by atoms with Gasteiger partial charge in [0, 0.05) is 30.3 Å². The highest BCUT2D eigenvalue weighted by Gasteiger charge is 2.30. The van der Waals surface area contributed by atoms with E-state index in [1.165, 1.54) is 38.2 Å². The topological polar surface area (TPSA) is 52.3 Å². The number of halogens is 3. The summed E-state index contributed by atoms with van der Waals surface area (Å²) in [6.07, 6.45) is 6.41. The minimum absolute atomic E-state index is 0.247. The Morgan fingerprint density at radius 1 is 1.06 bits per heavy atom. The number of rotatable bonds is 5. The monoisotopic (exact) mass is 492 g/mol. The molecule has 186 valence electrons. The fourth-order valence-electron chi connectivity index (χ4n) is 4.76. The molecule has 36 heavy (non-hydrogen) atoms. The highest BCUT2D eigenvalue weighted by atomic mass is 19.4.